The van der Waals surface area contributed by atoms with Crippen molar-refractivity contribution in [1.82, 2.24) is 15.6 Å². The lowest BCUT2D eigenvalue weighted by Gasteiger charge is -2.26. The molecule has 8 nitrogen and oxygen atoms in total. The summed E-state index contributed by atoms with van der Waals surface area (Å²) in [6.07, 6.45) is 4.73. The first-order valence-electron chi connectivity index (χ1n) is 7.94. The van der Waals surface area contributed by atoms with Crippen molar-refractivity contribution in [1.29, 1.82) is 0 Å². The van der Waals surface area contributed by atoms with Gasteiger partial charge in [0.05, 0.1) is 23.7 Å². The molecule has 0 spiro atoms. The summed E-state index contributed by atoms with van der Waals surface area (Å²) >= 11 is 5.13. The number of nitro benzene ring substituents is 1. The molecule has 1 aliphatic rings. The Hall–Kier alpha value is -2.36. The number of thiocarbonyl (C=S) groups is 1. The maximum absolute atomic E-state index is 10.9. The number of hydrazone groups is 1. The molecule has 2 rings (SSSR count). The summed E-state index contributed by atoms with van der Waals surface area (Å²) in [5.74, 6) is 0. The maximum atomic E-state index is 10.9. The zero-order valence-corrected chi connectivity index (χ0v) is 14.6. The van der Waals surface area contributed by atoms with Gasteiger partial charge < -0.3 is 10.1 Å². The van der Waals surface area contributed by atoms with Crippen molar-refractivity contribution >= 4 is 35.3 Å². The monoisotopic (exact) mass is 363 g/mol. The predicted octanol–water partition coefficient (Wildman–Crippen LogP) is 1.39. The van der Waals surface area contributed by atoms with Crippen molar-refractivity contribution in [3.63, 3.8) is 0 Å². The molecule has 0 amide bonds. The van der Waals surface area contributed by atoms with Crippen LogP contribution in [0.2, 0.25) is 0 Å². The van der Waals surface area contributed by atoms with Gasteiger partial charge in [0, 0.05) is 38.5 Å². The fourth-order valence-electron chi connectivity index (χ4n) is 2.27. The molecule has 0 unspecified atom stereocenters. The lowest BCUT2D eigenvalue weighted by molar-refractivity contribution is -0.385. The van der Waals surface area contributed by atoms with Crippen molar-refractivity contribution in [2.45, 2.75) is 0 Å². The van der Waals surface area contributed by atoms with Crippen LogP contribution >= 0.6 is 12.2 Å². The van der Waals surface area contributed by atoms with Crippen LogP contribution in [0.1, 0.15) is 5.56 Å². The van der Waals surface area contributed by atoms with Crippen LogP contribution in [0.3, 0.4) is 0 Å². The number of hydrogen-bond acceptors (Lipinski definition) is 6. The Morgan fingerprint density at radius 1 is 1.40 bits per heavy atom. The summed E-state index contributed by atoms with van der Waals surface area (Å²) in [6, 6.07) is 6.51. The van der Waals surface area contributed by atoms with E-state index in [-0.39, 0.29) is 5.69 Å². The number of ether oxygens (including phenoxy) is 1. The van der Waals surface area contributed by atoms with E-state index in [0.717, 1.165) is 39.4 Å². The van der Waals surface area contributed by atoms with E-state index in [1.807, 2.05) is 0 Å². The second-order valence-electron chi connectivity index (χ2n) is 5.27. The molecule has 1 fully saturated rings. The van der Waals surface area contributed by atoms with Crippen molar-refractivity contribution in [2.24, 2.45) is 5.10 Å². The van der Waals surface area contributed by atoms with Gasteiger partial charge in [-0.05, 0) is 30.4 Å². The van der Waals surface area contributed by atoms with Crippen LogP contribution in [0.25, 0.3) is 6.08 Å². The fourth-order valence-corrected chi connectivity index (χ4v) is 2.43. The van der Waals surface area contributed by atoms with Gasteiger partial charge in [0.1, 0.15) is 0 Å². The van der Waals surface area contributed by atoms with Crippen LogP contribution in [0, 0.1) is 10.1 Å². The third kappa shape index (κ3) is 6.96. The molecule has 0 bridgehead atoms. The molecule has 0 saturated carbocycles. The first-order chi connectivity index (χ1) is 12.2. The maximum Gasteiger partial charge on any atom is 0.276 e. The molecule has 0 radical (unpaired) electrons. The minimum atomic E-state index is -0.414. The van der Waals surface area contributed by atoms with E-state index >= 15 is 0 Å². The summed E-state index contributed by atoms with van der Waals surface area (Å²) < 4.78 is 5.29. The molecular formula is C16H21N5O3S. The Morgan fingerprint density at radius 2 is 2.16 bits per heavy atom. The average Bonchev–Trinajstić information content (AvgIpc) is 2.62. The molecule has 1 aromatic rings. The minimum Gasteiger partial charge on any atom is -0.379 e. The lowest BCUT2D eigenvalue weighted by Crippen LogP contribution is -2.42. The van der Waals surface area contributed by atoms with E-state index in [1.54, 1.807) is 30.4 Å². The lowest BCUT2D eigenvalue weighted by atomic mass is 10.2. The van der Waals surface area contributed by atoms with Gasteiger partial charge in [0.2, 0.25) is 0 Å². The van der Waals surface area contributed by atoms with Crippen LogP contribution in [0.4, 0.5) is 5.69 Å². The molecule has 1 aromatic carbocycles. The smallest absolute Gasteiger partial charge is 0.276 e. The highest BCUT2D eigenvalue weighted by Crippen LogP contribution is 2.18. The largest absolute Gasteiger partial charge is 0.379 e. The number of hydrogen-bond donors (Lipinski definition) is 2. The third-order valence-electron chi connectivity index (χ3n) is 3.55. The number of benzene rings is 1. The summed E-state index contributed by atoms with van der Waals surface area (Å²) in [5, 5.41) is 18.4. The summed E-state index contributed by atoms with van der Waals surface area (Å²) in [6.45, 7) is 5.06. The molecule has 1 aliphatic heterocycles. The van der Waals surface area contributed by atoms with Gasteiger partial charge in [0.25, 0.3) is 5.69 Å². The Kier molecular flexibility index (Phi) is 7.96. The number of morpholine rings is 1. The van der Waals surface area contributed by atoms with Gasteiger partial charge in [-0.1, -0.05) is 12.1 Å². The number of rotatable bonds is 7. The minimum absolute atomic E-state index is 0.0559. The number of nitrogens with one attached hydrogen (secondary N) is 2. The molecular weight excluding hydrogens is 342 g/mol. The van der Waals surface area contributed by atoms with Crippen molar-refractivity contribution < 1.29 is 9.66 Å². The molecule has 2 N–H and O–H groups in total. The van der Waals surface area contributed by atoms with Gasteiger partial charge in [-0.25, -0.2) is 0 Å². The highest BCUT2D eigenvalue weighted by Gasteiger charge is 2.09. The highest BCUT2D eigenvalue weighted by atomic mass is 32.1. The highest BCUT2D eigenvalue weighted by molar-refractivity contribution is 7.80. The normalized spacial score (nSPS) is 15.5. The van der Waals surface area contributed by atoms with Gasteiger partial charge in [0.15, 0.2) is 5.11 Å². The molecule has 1 heterocycles. The van der Waals surface area contributed by atoms with Gasteiger partial charge in [-0.2, -0.15) is 5.10 Å². The van der Waals surface area contributed by atoms with E-state index in [2.05, 4.69) is 20.7 Å². The van der Waals surface area contributed by atoms with E-state index < -0.39 is 4.92 Å². The number of allylic oxidation sites excluding steroid dienone is 1. The van der Waals surface area contributed by atoms with Crippen LogP contribution in [0.15, 0.2) is 35.4 Å². The second-order valence-corrected chi connectivity index (χ2v) is 5.68. The second kappa shape index (κ2) is 10.5. The summed E-state index contributed by atoms with van der Waals surface area (Å²) in [5.41, 5.74) is 3.28. The SMILES string of the molecule is O=[N+]([O-])c1ccccc1C=CC=NNC(=S)NCCN1CCOCC1. The van der Waals surface area contributed by atoms with Gasteiger partial charge in [-0.3, -0.25) is 20.4 Å². The molecule has 25 heavy (non-hydrogen) atoms. The summed E-state index contributed by atoms with van der Waals surface area (Å²) in [4.78, 5) is 12.8. The molecule has 1 saturated heterocycles. The van der Waals surface area contributed by atoms with E-state index in [0.29, 0.717) is 10.7 Å². The first kappa shape index (κ1) is 19.0. The Morgan fingerprint density at radius 3 is 2.92 bits per heavy atom. The van der Waals surface area contributed by atoms with E-state index in [9.17, 15) is 10.1 Å². The van der Waals surface area contributed by atoms with Crippen molar-refractivity contribution in [3.8, 4) is 0 Å². The predicted molar refractivity (Wildman–Crippen MR) is 102 cm³/mol. The Balaban J connectivity index is 1.68. The average molecular weight is 363 g/mol. The number of nitrogens with zero attached hydrogens (tertiary/aromatic N) is 3. The Bertz CT molecular complexity index is 644. The topological polar surface area (TPSA) is 92.0 Å². The van der Waals surface area contributed by atoms with Crippen LogP contribution < -0.4 is 10.7 Å². The van der Waals surface area contributed by atoms with Crippen LogP contribution in [-0.4, -0.2) is 60.5 Å². The number of para-hydroxylation sites is 1. The molecule has 134 valence electrons. The van der Waals surface area contributed by atoms with Crippen LogP contribution in [-0.2, 0) is 4.74 Å². The fraction of sp³-hybridized carbons (Fsp3) is 0.375. The van der Waals surface area contributed by atoms with Gasteiger partial charge >= 0.3 is 0 Å². The zero-order valence-electron chi connectivity index (χ0n) is 13.8. The quantitative estimate of drug-likeness (QED) is 0.327. The standard InChI is InChI=1S/C16H21N5O3S/c22-21(23)15-6-2-1-4-14(15)5-3-7-18-19-16(25)17-8-9-20-10-12-24-13-11-20/h1-7H,8-13H2,(H2,17,19,25). The number of nitro groups is 1. The van der Waals surface area contributed by atoms with E-state index in [4.69, 9.17) is 17.0 Å². The molecule has 0 aliphatic carbocycles. The third-order valence-corrected chi connectivity index (χ3v) is 3.79. The molecule has 9 heteroatoms. The van der Waals surface area contributed by atoms with Crippen molar-refractivity contribution in [3.05, 3.63) is 46.0 Å². The van der Waals surface area contributed by atoms with Crippen molar-refractivity contribution in [2.75, 3.05) is 39.4 Å². The van der Waals surface area contributed by atoms with Gasteiger partial charge in [-0.15, -0.1) is 0 Å². The molecule has 0 atom stereocenters. The van der Waals surface area contributed by atoms with E-state index in [1.165, 1.54) is 12.3 Å². The first-order valence-corrected chi connectivity index (χ1v) is 8.35. The van der Waals surface area contributed by atoms with Crippen LogP contribution in [0.5, 0.6) is 0 Å². The molecule has 0 aromatic heterocycles. The zero-order chi connectivity index (χ0) is 17.9. The Labute approximate surface area is 151 Å². The summed E-state index contributed by atoms with van der Waals surface area (Å²) in [7, 11) is 0.